The maximum atomic E-state index is 9.99. The Hall–Kier alpha value is -0.920. The molecule has 0 bridgehead atoms. The van der Waals surface area contributed by atoms with Gasteiger partial charge in [0.25, 0.3) is 0 Å². The molecule has 1 aromatic heterocycles. The number of aromatic nitrogens is 2. The Labute approximate surface area is 124 Å². The zero-order valence-corrected chi connectivity index (χ0v) is 12.3. The molecule has 2 rings (SSSR count). The van der Waals surface area contributed by atoms with Gasteiger partial charge in [-0.15, -0.1) is 0 Å². The van der Waals surface area contributed by atoms with Crippen molar-refractivity contribution < 1.29 is 5.11 Å². The number of halogens is 2. The second kappa shape index (κ2) is 6.31. The Morgan fingerprint density at radius 3 is 2.67 bits per heavy atom. The summed E-state index contributed by atoms with van der Waals surface area (Å²) in [6.45, 7) is 0.384. The number of hydrogen-bond acceptors (Lipinski definition) is 4. The summed E-state index contributed by atoms with van der Waals surface area (Å²) in [6.07, 6.45) is 0.883. The largest absolute Gasteiger partial charge is 0.387 e. The molecule has 0 spiro atoms. The molecular weight excluding hydrogens is 365 g/mol. The van der Waals surface area contributed by atoms with Crippen molar-refractivity contribution in [3.63, 3.8) is 0 Å². The van der Waals surface area contributed by atoms with Gasteiger partial charge in [-0.2, -0.15) is 0 Å². The number of benzene rings is 1. The topological polar surface area (TPSA) is 58.0 Å². The smallest absolute Gasteiger partial charge is 0.130 e. The van der Waals surface area contributed by atoms with Crippen LogP contribution < -0.4 is 5.32 Å². The van der Waals surface area contributed by atoms with Crippen LogP contribution in [0.3, 0.4) is 0 Å². The third kappa shape index (κ3) is 3.79. The van der Waals surface area contributed by atoms with Crippen LogP contribution in [0.2, 0.25) is 5.02 Å². The lowest BCUT2D eigenvalue weighted by Gasteiger charge is -2.12. The molecule has 1 heterocycles. The number of rotatable bonds is 4. The van der Waals surface area contributed by atoms with Crippen molar-refractivity contribution in [3.05, 3.63) is 50.9 Å². The second-order valence-electron chi connectivity index (χ2n) is 3.67. The molecule has 0 radical (unpaired) electrons. The lowest BCUT2D eigenvalue weighted by molar-refractivity contribution is 0.191. The van der Waals surface area contributed by atoms with Gasteiger partial charge in [-0.1, -0.05) is 23.7 Å². The lowest BCUT2D eigenvalue weighted by Crippen LogP contribution is -2.13. The molecule has 2 aromatic rings. The van der Waals surface area contributed by atoms with Crippen molar-refractivity contribution in [2.45, 2.75) is 6.10 Å². The first-order chi connectivity index (χ1) is 8.65. The van der Waals surface area contributed by atoms with E-state index in [1.807, 2.05) is 6.07 Å². The molecule has 0 saturated heterocycles. The van der Waals surface area contributed by atoms with Crippen LogP contribution in [0.5, 0.6) is 0 Å². The molecule has 6 heteroatoms. The molecule has 0 saturated carbocycles. The first-order valence-corrected chi connectivity index (χ1v) is 6.76. The minimum absolute atomic E-state index is 0.384. The zero-order chi connectivity index (χ0) is 13.0. The molecule has 0 aliphatic heterocycles. The fourth-order valence-corrected chi connectivity index (χ4v) is 1.98. The van der Waals surface area contributed by atoms with E-state index in [9.17, 15) is 5.11 Å². The van der Waals surface area contributed by atoms with E-state index in [4.69, 9.17) is 11.6 Å². The molecule has 0 aliphatic rings. The fourth-order valence-electron chi connectivity index (χ4n) is 1.43. The van der Waals surface area contributed by atoms with Crippen molar-refractivity contribution in [1.29, 1.82) is 0 Å². The number of anilines is 1. The van der Waals surface area contributed by atoms with Crippen LogP contribution in [0, 0.1) is 3.70 Å². The predicted octanol–water partition coefficient (Wildman–Crippen LogP) is 2.88. The van der Waals surface area contributed by atoms with Crippen LogP contribution in [-0.2, 0) is 0 Å². The van der Waals surface area contributed by atoms with E-state index in [0.29, 0.717) is 17.4 Å². The summed E-state index contributed by atoms with van der Waals surface area (Å²) in [7, 11) is 0. The summed E-state index contributed by atoms with van der Waals surface area (Å²) in [5.41, 5.74) is 0.815. The minimum Gasteiger partial charge on any atom is -0.387 e. The van der Waals surface area contributed by atoms with Gasteiger partial charge in [-0.25, -0.2) is 9.97 Å². The highest BCUT2D eigenvalue weighted by atomic mass is 127. The number of nitrogens with zero attached hydrogens (tertiary/aromatic N) is 2. The Balaban J connectivity index is 1.96. The normalized spacial score (nSPS) is 12.2. The van der Waals surface area contributed by atoms with Gasteiger partial charge < -0.3 is 10.4 Å². The second-order valence-corrected chi connectivity index (χ2v) is 5.22. The summed E-state index contributed by atoms with van der Waals surface area (Å²) in [5.74, 6) is 0.697. The number of hydrogen-bond donors (Lipinski definition) is 2. The van der Waals surface area contributed by atoms with Crippen molar-refractivity contribution in [3.8, 4) is 0 Å². The molecule has 1 atom stereocenters. The van der Waals surface area contributed by atoms with Gasteiger partial charge in [-0.05, 0) is 40.3 Å². The van der Waals surface area contributed by atoms with Gasteiger partial charge in [0, 0.05) is 17.6 Å². The summed E-state index contributed by atoms with van der Waals surface area (Å²) in [6, 6.07) is 8.94. The standard InChI is InChI=1S/C12H11ClIN3O/c13-9-3-1-8(2-4-9)10(18)6-15-12-5-11(14)16-7-17-12/h1-5,7,10,18H,6H2,(H,15,16,17). The maximum absolute atomic E-state index is 9.99. The quantitative estimate of drug-likeness (QED) is 0.637. The average molecular weight is 376 g/mol. The predicted molar refractivity (Wildman–Crippen MR) is 79.7 cm³/mol. The summed E-state index contributed by atoms with van der Waals surface area (Å²) >= 11 is 7.90. The highest BCUT2D eigenvalue weighted by molar-refractivity contribution is 14.1. The maximum Gasteiger partial charge on any atom is 0.130 e. The van der Waals surface area contributed by atoms with Crippen LogP contribution in [0.15, 0.2) is 36.7 Å². The van der Waals surface area contributed by atoms with Gasteiger partial charge in [0.05, 0.1) is 6.10 Å². The van der Waals surface area contributed by atoms with Gasteiger partial charge in [0.2, 0.25) is 0 Å². The Kier molecular flexibility index (Phi) is 4.73. The molecular formula is C12H11ClIN3O. The van der Waals surface area contributed by atoms with Gasteiger partial charge >= 0.3 is 0 Å². The van der Waals surface area contributed by atoms with Crippen molar-refractivity contribution >= 4 is 40.0 Å². The van der Waals surface area contributed by atoms with Gasteiger partial charge in [0.15, 0.2) is 0 Å². The molecule has 4 nitrogen and oxygen atoms in total. The van der Waals surface area contributed by atoms with Gasteiger partial charge in [0.1, 0.15) is 15.8 Å². The van der Waals surface area contributed by atoms with Gasteiger partial charge in [-0.3, -0.25) is 0 Å². The van der Waals surface area contributed by atoms with Crippen LogP contribution >= 0.6 is 34.2 Å². The van der Waals surface area contributed by atoms with E-state index in [1.165, 1.54) is 6.33 Å². The van der Waals surface area contributed by atoms with E-state index >= 15 is 0 Å². The average Bonchev–Trinajstić information content (AvgIpc) is 2.37. The Bertz CT molecular complexity index is 521. The highest BCUT2D eigenvalue weighted by Crippen LogP contribution is 2.17. The number of nitrogens with one attached hydrogen (secondary N) is 1. The summed E-state index contributed by atoms with van der Waals surface area (Å²) in [5, 5.41) is 13.7. The van der Waals surface area contributed by atoms with E-state index < -0.39 is 6.10 Å². The monoisotopic (exact) mass is 375 g/mol. The first kappa shape index (κ1) is 13.5. The summed E-state index contributed by atoms with van der Waals surface area (Å²) < 4.78 is 0.853. The number of aliphatic hydroxyl groups excluding tert-OH is 1. The molecule has 0 amide bonds. The van der Waals surface area contributed by atoms with Crippen molar-refractivity contribution in [2.75, 3.05) is 11.9 Å². The SMILES string of the molecule is OC(CNc1cc(I)ncn1)c1ccc(Cl)cc1. The molecule has 1 aromatic carbocycles. The van der Waals surface area contributed by atoms with E-state index in [0.717, 1.165) is 9.26 Å². The highest BCUT2D eigenvalue weighted by Gasteiger charge is 2.07. The van der Waals surface area contributed by atoms with Crippen molar-refractivity contribution in [1.82, 2.24) is 9.97 Å². The van der Waals surface area contributed by atoms with Crippen LogP contribution in [0.25, 0.3) is 0 Å². The first-order valence-electron chi connectivity index (χ1n) is 5.30. The number of aliphatic hydroxyl groups is 1. The molecule has 18 heavy (non-hydrogen) atoms. The van der Waals surface area contributed by atoms with Crippen molar-refractivity contribution in [2.24, 2.45) is 0 Å². The minimum atomic E-state index is -0.602. The van der Waals surface area contributed by atoms with Crippen LogP contribution in [0.4, 0.5) is 5.82 Å². The van der Waals surface area contributed by atoms with E-state index in [2.05, 4.69) is 37.9 Å². The molecule has 1 unspecified atom stereocenters. The zero-order valence-electron chi connectivity index (χ0n) is 9.35. The molecule has 0 fully saturated rings. The molecule has 2 N–H and O–H groups in total. The van der Waals surface area contributed by atoms with E-state index in [1.54, 1.807) is 24.3 Å². The van der Waals surface area contributed by atoms with E-state index in [-0.39, 0.29) is 0 Å². The molecule has 94 valence electrons. The third-order valence-electron chi connectivity index (χ3n) is 2.37. The Morgan fingerprint density at radius 2 is 2.00 bits per heavy atom. The lowest BCUT2D eigenvalue weighted by atomic mass is 10.1. The fraction of sp³-hybridized carbons (Fsp3) is 0.167. The van der Waals surface area contributed by atoms with Crippen LogP contribution in [0.1, 0.15) is 11.7 Å². The van der Waals surface area contributed by atoms with Crippen LogP contribution in [-0.4, -0.2) is 21.6 Å². The Morgan fingerprint density at radius 1 is 1.28 bits per heavy atom. The molecule has 0 aliphatic carbocycles. The summed E-state index contributed by atoms with van der Waals surface area (Å²) in [4.78, 5) is 8.05. The third-order valence-corrected chi connectivity index (χ3v) is 3.21.